The highest BCUT2D eigenvalue weighted by Gasteiger charge is 2.31. The number of hydroxylamine groups is 1. The minimum atomic E-state index is -0.751. The van der Waals surface area contributed by atoms with Crippen molar-refractivity contribution in [3.8, 4) is 0 Å². The van der Waals surface area contributed by atoms with E-state index in [2.05, 4.69) is 5.32 Å². The minimum absolute atomic E-state index is 0.120. The number of nitrogens with one attached hydrogen (secondary N) is 2. The van der Waals surface area contributed by atoms with Crippen molar-refractivity contribution >= 4 is 29.1 Å². The maximum absolute atomic E-state index is 12.5. The molecule has 7 heteroatoms. The maximum Gasteiger partial charge on any atom is 0.266 e. The molecule has 0 saturated heterocycles. The van der Waals surface area contributed by atoms with Crippen LogP contribution < -0.4 is 10.8 Å². The van der Waals surface area contributed by atoms with Gasteiger partial charge in [0.15, 0.2) is 5.11 Å². The molecule has 0 heterocycles. The Morgan fingerprint density at radius 3 is 2.11 bits per heavy atom. The molecule has 142 valence electrons. The fourth-order valence-corrected chi connectivity index (χ4v) is 3.05. The molecule has 0 aromatic heterocycles. The summed E-state index contributed by atoms with van der Waals surface area (Å²) in [7, 11) is 0. The highest BCUT2D eigenvalue weighted by molar-refractivity contribution is 7.80. The van der Waals surface area contributed by atoms with Crippen molar-refractivity contribution in [1.29, 1.82) is 0 Å². The molecule has 0 fully saturated rings. The van der Waals surface area contributed by atoms with Crippen molar-refractivity contribution in [2.45, 2.75) is 26.4 Å². The van der Waals surface area contributed by atoms with Gasteiger partial charge >= 0.3 is 0 Å². The zero-order chi connectivity index (χ0) is 19.8. The van der Waals surface area contributed by atoms with Crippen molar-refractivity contribution in [3.63, 3.8) is 0 Å². The first kappa shape index (κ1) is 20.5. The molecule has 0 aliphatic heterocycles. The Balaban J connectivity index is 2.28. The molecule has 0 bridgehead atoms. The van der Waals surface area contributed by atoms with Crippen molar-refractivity contribution < 1.29 is 14.8 Å². The third-order valence-electron chi connectivity index (χ3n) is 4.06. The van der Waals surface area contributed by atoms with Crippen molar-refractivity contribution in [2.24, 2.45) is 5.92 Å². The van der Waals surface area contributed by atoms with Gasteiger partial charge in [-0.2, -0.15) is 0 Å². The van der Waals surface area contributed by atoms with Crippen LogP contribution in [0.15, 0.2) is 60.7 Å². The van der Waals surface area contributed by atoms with Gasteiger partial charge in [-0.1, -0.05) is 62.4 Å². The van der Waals surface area contributed by atoms with Gasteiger partial charge in [-0.25, -0.2) is 5.48 Å². The van der Waals surface area contributed by atoms with E-state index in [0.29, 0.717) is 12.1 Å². The van der Waals surface area contributed by atoms with Crippen LogP contribution in [0.1, 0.15) is 29.8 Å². The zero-order valence-electron chi connectivity index (χ0n) is 15.3. The van der Waals surface area contributed by atoms with Gasteiger partial charge in [0.2, 0.25) is 0 Å². The first-order chi connectivity index (χ1) is 12.9. The smallest absolute Gasteiger partial charge is 0.266 e. The summed E-state index contributed by atoms with van der Waals surface area (Å²) in [6, 6.07) is 17.4. The molecule has 0 spiro atoms. The lowest BCUT2D eigenvalue weighted by molar-refractivity contribution is -0.135. The van der Waals surface area contributed by atoms with Crippen LogP contribution in [0.3, 0.4) is 0 Å². The highest BCUT2D eigenvalue weighted by Crippen LogP contribution is 2.16. The molecular weight excluding hydrogens is 362 g/mol. The standard InChI is InChI=1S/C20H23N3O3S/c1-14(2)17(19(25)22-26)23(13-15-9-5-3-6-10-15)20(27)21-18(24)16-11-7-4-8-12-16/h3-12,14,17,26H,13H2,1-2H3,(H,22,25)(H,21,24,27)/t17-/m0/s1. The second-order valence-corrected chi connectivity index (χ2v) is 6.79. The molecule has 0 radical (unpaired) electrons. The van der Waals surface area contributed by atoms with Crippen molar-refractivity contribution in [2.75, 3.05) is 0 Å². The van der Waals surface area contributed by atoms with Gasteiger partial charge in [-0.15, -0.1) is 0 Å². The van der Waals surface area contributed by atoms with Gasteiger partial charge in [-0.3, -0.25) is 20.1 Å². The molecule has 3 N–H and O–H groups in total. The van der Waals surface area contributed by atoms with Crippen LogP contribution in [0.5, 0.6) is 0 Å². The SMILES string of the molecule is CC(C)[C@@H](C(=O)NO)N(Cc1ccccc1)C(=S)NC(=O)c1ccccc1. The molecule has 6 nitrogen and oxygen atoms in total. The predicted molar refractivity (Wildman–Crippen MR) is 107 cm³/mol. The van der Waals surface area contributed by atoms with Crippen LogP contribution in [-0.2, 0) is 11.3 Å². The Kier molecular flexibility index (Phi) is 7.45. The van der Waals surface area contributed by atoms with E-state index in [1.165, 1.54) is 0 Å². The number of carbonyl (C=O) groups is 2. The fraction of sp³-hybridized carbons (Fsp3) is 0.250. The Hall–Kier alpha value is -2.77. The van der Waals surface area contributed by atoms with Crippen LogP contribution in [0.2, 0.25) is 0 Å². The summed E-state index contributed by atoms with van der Waals surface area (Å²) in [5.74, 6) is -1.10. The van der Waals surface area contributed by atoms with E-state index < -0.39 is 11.9 Å². The van der Waals surface area contributed by atoms with Crippen LogP contribution in [0.25, 0.3) is 0 Å². The first-order valence-electron chi connectivity index (χ1n) is 8.59. The summed E-state index contributed by atoms with van der Waals surface area (Å²) >= 11 is 5.45. The highest BCUT2D eigenvalue weighted by atomic mass is 32.1. The number of amides is 2. The van der Waals surface area contributed by atoms with Gasteiger partial charge in [0.05, 0.1) is 0 Å². The molecule has 2 rings (SSSR count). The van der Waals surface area contributed by atoms with E-state index in [9.17, 15) is 9.59 Å². The number of rotatable bonds is 6. The topological polar surface area (TPSA) is 81.7 Å². The van der Waals surface area contributed by atoms with E-state index in [4.69, 9.17) is 17.4 Å². The molecule has 2 aromatic rings. The normalized spacial score (nSPS) is 11.6. The summed E-state index contributed by atoms with van der Waals surface area (Å²) in [5, 5.41) is 12.0. The summed E-state index contributed by atoms with van der Waals surface area (Å²) < 4.78 is 0. The summed E-state index contributed by atoms with van der Waals surface area (Å²) in [6.07, 6.45) is 0. The molecule has 0 aliphatic carbocycles. The Morgan fingerprint density at radius 2 is 1.59 bits per heavy atom. The summed E-state index contributed by atoms with van der Waals surface area (Å²) in [6.45, 7) is 4.00. The summed E-state index contributed by atoms with van der Waals surface area (Å²) in [4.78, 5) is 26.4. The van der Waals surface area contributed by atoms with Gasteiger partial charge in [-0.05, 0) is 35.8 Å². The molecule has 1 atom stereocenters. The zero-order valence-corrected chi connectivity index (χ0v) is 16.1. The van der Waals surface area contributed by atoms with E-state index in [1.807, 2.05) is 50.2 Å². The monoisotopic (exact) mass is 385 g/mol. The quantitative estimate of drug-likeness (QED) is 0.405. The van der Waals surface area contributed by atoms with Crippen LogP contribution in [0, 0.1) is 5.92 Å². The number of hydrogen-bond acceptors (Lipinski definition) is 4. The van der Waals surface area contributed by atoms with E-state index in [1.54, 1.807) is 34.6 Å². The third-order valence-corrected chi connectivity index (χ3v) is 4.40. The molecule has 0 unspecified atom stereocenters. The lowest BCUT2D eigenvalue weighted by Gasteiger charge is -2.34. The van der Waals surface area contributed by atoms with Crippen LogP contribution >= 0.6 is 12.2 Å². The van der Waals surface area contributed by atoms with Gasteiger partial charge < -0.3 is 4.90 Å². The predicted octanol–water partition coefficient (Wildman–Crippen LogP) is 2.73. The van der Waals surface area contributed by atoms with E-state index in [0.717, 1.165) is 5.56 Å². The third kappa shape index (κ3) is 5.60. The Bertz CT molecular complexity index is 782. The second kappa shape index (κ2) is 9.80. The lowest BCUT2D eigenvalue weighted by Crippen LogP contribution is -2.55. The number of benzene rings is 2. The van der Waals surface area contributed by atoms with Gasteiger partial charge in [0.1, 0.15) is 6.04 Å². The number of hydrogen-bond donors (Lipinski definition) is 3. The minimum Gasteiger partial charge on any atom is -0.332 e. The molecule has 2 amide bonds. The first-order valence-corrected chi connectivity index (χ1v) is 8.99. The molecular formula is C20H23N3O3S. The molecule has 2 aromatic carbocycles. The second-order valence-electron chi connectivity index (χ2n) is 6.40. The number of thiocarbonyl (C=S) groups is 1. The maximum atomic E-state index is 12.5. The van der Waals surface area contributed by atoms with Crippen molar-refractivity contribution in [1.82, 2.24) is 15.7 Å². The average molecular weight is 385 g/mol. The van der Waals surface area contributed by atoms with Crippen LogP contribution in [0.4, 0.5) is 0 Å². The molecule has 0 saturated carbocycles. The van der Waals surface area contributed by atoms with Gasteiger partial charge in [0.25, 0.3) is 11.8 Å². The number of carbonyl (C=O) groups excluding carboxylic acids is 2. The van der Waals surface area contributed by atoms with E-state index >= 15 is 0 Å². The molecule has 27 heavy (non-hydrogen) atoms. The fourth-order valence-electron chi connectivity index (χ4n) is 2.78. The Morgan fingerprint density at radius 1 is 1.04 bits per heavy atom. The van der Waals surface area contributed by atoms with Crippen molar-refractivity contribution in [3.05, 3.63) is 71.8 Å². The lowest BCUT2D eigenvalue weighted by atomic mass is 10.0. The van der Waals surface area contributed by atoms with E-state index in [-0.39, 0.29) is 16.9 Å². The summed E-state index contributed by atoms with van der Waals surface area (Å²) in [5.41, 5.74) is 3.09. The molecule has 0 aliphatic rings. The Labute approximate surface area is 164 Å². The van der Waals surface area contributed by atoms with Gasteiger partial charge in [0, 0.05) is 12.1 Å². The average Bonchev–Trinajstić information content (AvgIpc) is 2.68. The van der Waals surface area contributed by atoms with Crippen LogP contribution in [-0.4, -0.2) is 33.1 Å². The largest absolute Gasteiger partial charge is 0.332 e. The number of nitrogens with zero attached hydrogens (tertiary/aromatic N) is 1.